The number of ether oxygens (including phenoxy) is 2. The highest BCUT2D eigenvalue weighted by molar-refractivity contribution is 5.86. The first-order chi connectivity index (χ1) is 12.3. The van der Waals surface area contributed by atoms with Crippen molar-refractivity contribution >= 4 is 10.9 Å². The minimum Gasteiger partial charge on any atom is -0.497 e. The highest BCUT2D eigenvalue weighted by Gasteiger charge is 2.20. The normalized spacial score (nSPS) is 14.4. The molecular formula is C21H24N2O2. The van der Waals surface area contributed by atoms with Crippen LogP contribution in [0.4, 0.5) is 0 Å². The molecule has 0 aliphatic carbocycles. The Morgan fingerprint density at radius 3 is 2.80 bits per heavy atom. The van der Waals surface area contributed by atoms with Gasteiger partial charge in [0.15, 0.2) is 0 Å². The molecule has 1 aromatic heterocycles. The lowest BCUT2D eigenvalue weighted by Crippen LogP contribution is -2.31. The molecule has 0 saturated carbocycles. The number of benzene rings is 2. The maximum absolute atomic E-state index is 5.79. The maximum Gasteiger partial charge on any atom is 0.119 e. The molecular weight excluding hydrogens is 312 g/mol. The lowest BCUT2D eigenvalue weighted by molar-refractivity contribution is 0.219. The number of aromatic amines is 1. The lowest BCUT2D eigenvalue weighted by Gasteiger charge is -2.26. The minimum atomic E-state index is 0.761. The molecule has 1 aliphatic rings. The van der Waals surface area contributed by atoms with Crippen LogP contribution in [-0.2, 0) is 13.0 Å². The molecule has 0 unspecified atom stereocenters. The first-order valence-corrected chi connectivity index (χ1v) is 8.91. The number of methoxy groups -OCH3 is 1. The van der Waals surface area contributed by atoms with Crippen molar-refractivity contribution in [1.82, 2.24) is 9.88 Å². The van der Waals surface area contributed by atoms with E-state index in [-0.39, 0.29) is 0 Å². The van der Waals surface area contributed by atoms with Gasteiger partial charge >= 0.3 is 0 Å². The van der Waals surface area contributed by atoms with Crippen molar-refractivity contribution in [3.63, 3.8) is 0 Å². The summed E-state index contributed by atoms with van der Waals surface area (Å²) in [6.45, 7) is 3.91. The molecule has 1 aliphatic heterocycles. The summed E-state index contributed by atoms with van der Waals surface area (Å²) in [7, 11) is 1.72. The standard InChI is InChI=1S/C21H24N2O2/c1-24-17-8-9-20-19(14-17)18-10-12-23(15-21(18)22-20)11-5-13-25-16-6-3-2-4-7-16/h2-4,6-9,14,22H,5,10-13,15H2,1H3. The molecule has 4 heteroatoms. The van der Waals surface area contributed by atoms with E-state index in [4.69, 9.17) is 9.47 Å². The molecule has 0 radical (unpaired) electrons. The van der Waals surface area contributed by atoms with E-state index in [0.29, 0.717) is 0 Å². The zero-order chi connectivity index (χ0) is 17.1. The van der Waals surface area contributed by atoms with E-state index in [1.807, 2.05) is 36.4 Å². The number of hydrogen-bond donors (Lipinski definition) is 1. The summed E-state index contributed by atoms with van der Waals surface area (Å²) in [4.78, 5) is 6.09. The molecule has 4 rings (SSSR count). The Labute approximate surface area is 148 Å². The Morgan fingerprint density at radius 2 is 1.96 bits per heavy atom. The monoisotopic (exact) mass is 336 g/mol. The Balaban J connectivity index is 1.35. The van der Waals surface area contributed by atoms with E-state index in [9.17, 15) is 0 Å². The first kappa shape index (κ1) is 16.0. The Hall–Kier alpha value is -2.46. The van der Waals surface area contributed by atoms with E-state index >= 15 is 0 Å². The molecule has 0 spiro atoms. The van der Waals surface area contributed by atoms with Gasteiger partial charge in [-0.1, -0.05) is 18.2 Å². The fourth-order valence-corrected chi connectivity index (χ4v) is 3.59. The van der Waals surface area contributed by atoms with Gasteiger partial charge in [0.1, 0.15) is 11.5 Å². The van der Waals surface area contributed by atoms with E-state index < -0.39 is 0 Å². The molecule has 0 fully saturated rings. The summed E-state index contributed by atoms with van der Waals surface area (Å²) in [5, 5.41) is 1.31. The largest absolute Gasteiger partial charge is 0.497 e. The van der Waals surface area contributed by atoms with E-state index in [0.717, 1.165) is 50.6 Å². The zero-order valence-corrected chi connectivity index (χ0v) is 14.6. The molecule has 0 saturated heterocycles. The predicted molar refractivity (Wildman–Crippen MR) is 100 cm³/mol. The second-order valence-corrected chi connectivity index (χ2v) is 6.53. The number of aromatic nitrogens is 1. The van der Waals surface area contributed by atoms with Crippen molar-refractivity contribution < 1.29 is 9.47 Å². The molecule has 130 valence electrons. The maximum atomic E-state index is 5.79. The van der Waals surface area contributed by atoms with Crippen molar-refractivity contribution in [3.8, 4) is 11.5 Å². The summed E-state index contributed by atoms with van der Waals surface area (Å²) < 4.78 is 11.2. The smallest absolute Gasteiger partial charge is 0.119 e. The van der Waals surface area contributed by atoms with Crippen molar-refractivity contribution in [2.45, 2.75) is 19.4 Å². The van der Waals surface area contributed by atoms with Crippen LogP contribution in [-0.4, -0.2) is 36.7 Å². The number of hydrogen-bond acceptors (Lipinski definition) is 3. The highest BCUT2D eigenvalue weighted by Crippen LogP contribution is 2.30. The van der Waals surface area contributed by atoms with Crippen molar-refractivity contribution in [1.29, 1.82) is 0 Å². The van der Waals surface area contributed by atoms with Gasteiger partial charge in [-0.05, 0) is 48.7 Å². The van der Waals surface area contributed by atoms with Crippen LogP contribution in [0.15, 0.2) is 48.5 Å². The van der Waals surface area contributed by atoms with Crippen molar-refractivity contribution in [3.05, 3.63) is 59.8 Å². The van der Waals surface area contributed by atoms with Crippen LogP contribution in [0.5, 0.6) is 11.5 Å². The molecule has 1 N–H and O–H groups in total. The van der Waals surface area contributed by atoms with E-state index in [2.05, 4.69) is 22.0 Å². The summed E-state index contributed by atoms with van der Waals surface area (Å²) in [5.74, 6) is 1.88. The average molecular weight is 336 g/mol. The zero-order valence-electron chi connectivity index (χ0n) is 14.6. The van der Waals surface area contributed by atoms with Gasteiger partial charge in [0, 0.05) is 36.2 Å². The van der Waals surface area contributed by atoms with Gasteiger partial charge in [0.25, 0.3) is 0 Å². The number of H-pyrrole nitrogens is 1. The number of nitrogens with zero attached hydrogens (tertiary/aromatic N) is 1. The van der Waals surface area contributed by atoms with E-state index in [1.165, 1.54) is 22.2 Å². The average Bonchev–Trinajstić information content (AvgIpc) is 3.03. The minimum absolute atomic E-state index is 0.761. The summed E-state index contributed by atoms with van der Waals surface area (Å²) in [6, 6.07) is 16.3. The molecule has 2 aromatic carbocycles. The Morgan fingerprint density at radius 1 is 1.08 bits per heavy atom. The second-order valence-electron chi connectivity index (χ2n) is 6.53. The van der Waals surface area contributed by atoms with Gasteiger partial charge in [-0.15, -0.1) is 0 Å². The first-order valence-electron chi connectivity index (χ1n) is 8.91. The third kappa shape index (κ3) is 3.49. The fourth-order valence-electron chi connectivity index (χ4n) is 3.59. The van der Waals surface area contributed by atoms with Crippen LogP contribution in [0.2, 0.25) is 0 Å². The molecule has 25 heavy (non-hydrogen) atoms. The van der Waals surface area contributed by atoms with Crippen LogP contribution < -0.4 is 9.47 Å². The van der Waals surface area contributed by atoms with Gasteiger partial charge < -0.3 is 14.5 Å². The van der Waals surface area contributed by atoms with Gasteiger partial charge in [0.05, 0.1) is 13.7 Å². The van der Waals surface area contributed by atoms with Gasteiger partial charge in [-0.2, -0.15) is 0 Å². The fraction of sp³-hybridized carbons (Fsp3) is 0.333. The Bertz CT molecular complexity index is 842. The highest BCUT2D eigenvalue weighted by atomic mass is 16.5. The second kappa shape index (κ2) is 7.19. The van der Waals surface area contributed by atoms with Crippen LogP contribution in [0.25, 0.3) is 10.9 Å². The number of rotatable bonds is 6. The molecule has 0 amide bonds. The van der Waals surface area contributed by atoms with Crippen LogP contribution in [0, 0.1) is 0 Å². The van der Waals surface area contributed by atoms with Gasteiger partial charge in [-0.25, -0.2) is 0 Å². The topological polar surface area (TPSA) is 37.5 Å². The molecule has 3 aromatic rings. The molecule has 4 nitrogen and oxygen atoms in total. The molecule has 0 bridgehead atoms. The van der Waals surface area contributed by atoms with Crippen molar-refractivity contribution in [2.75, 3.05) is 26.8 Å². The van der Waals surface area contributed by atoms with Crippen LogP contribution in [0.1, 0.15) is 17.7 Å². The Kier molecular flexibility index (Phi) is 4.61. The molecule has 0 atom stereocenters. The van der Waals surface area contributed by atoms with Crippen LogP contribution in [0.3, 0.4) is 0 Å². The summed E-state index contributed by atoms with van der Waals surface area (Å²) >= 11 is 0. The molecule has 2 heterocycles. The lowest BCUT2D eigenvalue weighted by atomic mass is 10.0. The van der Waals surface area contributed by atoms with Gasteiger partial charge in [-0.3, -0.25) is 4.90 Å². The van der Waals surface area contributed by atoms with E-state index in [1.54, 1.807) is 7.11 Å². The summed E-state index contributed by atoms with van der Waals surface area (Å²) in [6.07, 6.45) is 2.13. The SMILES string of the molecule is COc1ccc2[nH]c3c(c2c1)CCN(CCCOc1ccccc1)C3. The number of para-hydroxylation sites is 1. The predicted octanol–water partition coefficient (Wildman–Crippen LogP) is 4.00. The number of fused-ring (bicyclic) bond motifs is 3. The summed E-state index contributed by atoms with van der Waals surface area (Å²) in [5.41, 5.74) is 4.00. The van der Waals surface area contributed by atoms with Crippen LogP contribution >= 0.6 is 0 Å². The van der Waals surface area contributed by atoms with Gasteiger partial charge in [0.2, 0.25) is 0 Å². The quantitative estimate of drug-likeness (QED) is 0.691. The number of nitrogens with one attached hydrogen (secondary N) is 1. The third-order valence-electron chi connectivity index (χ3n) is 4.89. The third-order valence-corrected chi connectivity index (χ3v) is 4.89. The van der Waals surface area contributed by atoms with Crippen molar-refractivity contribution in [2.24, 2.45) is 0 Å².